The molecule has 7 heteroatoms. The van der Waals surface area contributed by atoms with Gasteiger partial charge in [0.2, 0.25) is 0 Å². The lowest BCUT2D eigenvalue weighted by molar-refractivity contribution is -0.275. The summed E-state index contributed by atoms with van der Waals surface area (Å²) in [7, 11) is 0. The number of nitrogens with two attached hydrogens (primary N) is 1. The van der Waals surface area contributed by atoms with Crippen molar-refractivity contribution in [1.82, 2.24) is 0 Å². The Labute approximate surface area is 102 Å². The zero-order valence-electron chi connectivity index (χ0n) is 8.92. The average Bonchev–Trinajstić information content (AvgIpc) is 2.18. The van der Waals surface area contributed by atoms with E-state index in [1.54, 1.807) is 6.92 Å². The average molecular weight is 274 g/mol. The molecule has 17 heavy (non-hydrogen) atoms. The molecule has 0 aromatic heterocycles. The molecule has 0 saturated carbocycles. The zero-order chi connectivity index (χ0) is 12.3. The molecule has 0 heterocycles. The molecule has 0 amide bonds. The van der Waals surface area contributed by atoms with Gasteiger partial charge in [-0.2, -0.15) is 0 Å². The van der Waals surface area contributed by atoms with Gasteiger partial charge in [0.25, 0.3) is 0 Å². The lowest BCUT2D eigenvalue weighted by Crippen LogP contribution is -2.18. The SMILES string of the molecule is CC[C@@H](N)c1ccc(OC(F)(F)F)c(F)c1.Cl. The van der Waals surface area contributed by atoms with Crippen LogP contribution in [0.25, 0.3) is 0 Å². The van der Waals surface area contributed by atoms with Gasteiger partial charge in [0, 0.05) is 6.04 Å². The Kier molecular flexibility index (Phi) is 5.71. The van der Waals surface area contributed by atoms with Crippen molar-refractivity contribution in [1.29, 1.82) is 0 Å². The summed E-state index contributed by atoms with van der Waals surface area (Å²) in [5, 5.41) is 0. The molecule has 1 rings (SSSR count). The summed E-state index contributed by atoms with van der Waals surface area (Å²) in [6.45, 7) is 1.79. The third-order valence-electron chi connectivity index (χ3n) is 2.05. The van der Waals surface area contributed by atoms with Gasteiger partial charge in [-0.3, -0.25) is 0 Å². The summed E-state index contributed by atoms with van der Waals surface area (Å²) in [6.07, 6.45) is -4.33. The summed E-state index contributed by atoms with van der Waals surface area (Å²) in [4.78, 5) is 0. The van der Waals surface area contributed by atoms with E-state index in [0.29, 0.717) is 12.0 Å². The van der Waals surface area contributed by atoms with Gasteiger partial charge in [-0.1, -0.05) is 13.0 Å². The van der Waals surface area contributed by atoms with E-state index >= 15 is 0 Å². The third-order valence-corrected chi connectivity index (χ3v) is 2.05. The van der Waals surface area contributed by atoms with Gasteiger partial charge >= 0.3 is 6.36 Å². The summed E-state index contributed by atoms with van der Waals surface area (Å²) in [5.41, 5.74) is 6.05. The van der Waals surface area contributed by atoms with Crippen molar-refractivity contribution in [2.75, 3.05) is 0 Å². The molecular formula is C10H12ClF4NO. The number of alkyl halides is 3. The summed E-state index contributed by atoms with van der Waals surface area (Å²) in [5.74, 6) is -1.92. The topological polar surface area (TPSA) is 35.2 Å². The van der Waals surface area contributed by atoms with Crippen molar-refractivity contribution in [3.63, 3.8) is 0 Å². The summed E-state index contributed by atoms with van der Waals surface area (Å²) >= 11 is 0. The van der Waals surface area contributed by atoms with Crippen LogP contribution in [0.5, 0.6) is 5.75 Å². The number of hydrogen-bond donors (Lipinski definition) is 1. The molecule has 0 saturated heterocycles. The highest BCUT2D eigenvalue weighted by molar-refractivity contribution is 5.85. The van der Waals surface area contributed by atoms with Crippen LogP contribution in [0.2, 0.25) is 0 Å². The predicted octanol–water partition coefficient (Wildman–Crippen LogP) is 3.56. The molecule has 2 nitrogen and oxygen atoms in total. The van der Waals surface area contributed by atoms with Crippen LogP contribution in [0, 0.1) is 5.82 Å². The Morgan fingerprint density at radius 2 is 1.94 bits per heavy atom. The highest BCUT2D eigenvalue weighted by Crippen LogP contribution is 2.27. The smallest absolute Gasteiger partial charge is 0.403 e. The highest BCUT2D eigenvalue weighted by atomic mass is 35.5. The van der Waals surface area contributed by atoms with E-state index < -0.39 is 24.0 Å². The van der Waals surface area contributed by atoms with E-state index in [1.807, 2.05) is 0 Å². The molecule has 1 atom stereocenters. The van der Waals surface area contributed by atoms with E-state index in [0.717, 1.165) is 12.1 Å². The normalized spacial score (nSPS) is 12.8. The second kappa shape index (κ2) is 6.07. The molecule has 0 bridgehead atoms. The van der Waals surface area contributed by atoms with Crippen LogP contribution in [-0.4, -0.2) is 6.36 Å². The number of halogens is 5. The van der Waals surface area contributed by atoms with Crippen molar-refractivity contribution in [3.05, 3.63) is 29.6 Å². The summed E-state index contributed by atoms with van der Waals surface area (Å²) in [6, 6.07) is 2.80. The van der Waals surface area contributed by atoms with Crippen LogP contribution in [0.1, 0.15) is 24.9 Å². The number of hydrogen-bond acceptors (Lipinski definition) is 2. The standard InChI is InChI=1S/C10H11F4NO.ClH/c1-2-8(15)6-3-4-9(7(11)5-6)16-10(12,13)14;/h3-5,8H,2,15H2,1H3;1H/t8-;/m1./s1. The van der Waals surface area contributed by atoms with Gasteiger partial charge in [0.05, 0.1) is 0 Å². The maximum Gasteiger partial charge on any atom is 0.573 e. The van der Waals surface area contributed by atoms with Crippen LogP contribution >= 0.6 is 12.4 Å². The molecule has 1 aromatic carbocycles. The highest BCUT2D eigenvalue weighted by Gasteiger charge is 2.32. The minimum absolute atomic E-state index is 0. The Hall–Kier alpha value is -1.01. The Morgan fingerprint density at radius 1 is 1.35 bits per heavy atom. The van der Waals surface area contributed by atoms with Gasteiger partial charge in [0.15, 0.2) is 11.6 Å². The first kappa shape index (κ1) is 16.0. The molecule has 98 valence electrons. The Morgan fingerprint density at radius 3 is 2.35 bits per heavy atom. The van der Waals surface area contributed by atoms with E-state index in [-0.39, 0.29) is 12.4 Å². The molecule has 0 aliphatic carbocycles. The molecular weight excluding hydrogens is 262 g/mol. The first-order valence-electron chi connectivity index (χ1n) is 4.64. The molecule has 0 aliphatic heterocycles. The van der Waals surface area contributed by atoms with Crippen molar-refractivity contribution in [3.8, 4) is 5.75 Å². The second-order valence-electron chi connectivity index (χ2n) is 3.25. The van der Waals surface area contributed by atoms with E-state index in [2.05, 4.69) is 4.74 Å². The number of benzene rings is 1. The second-order valence-corrected chi connectivity index (χ2v) is 3.25. The largest absolute Gasteiger partial charge is 0.573 e. The van der Waals surface area contributed by atoms with Crippen molar-refractivity contribution in [2.45, 2.75) is 25.7 Å². The van der Waals surface area contributed by atoms with Crippen LogP contribution in [0.3, 0.4) is 0 Å². The van der Waals surface area contributed by atoms with Gasteiger partial charge in [-0.15, -0.1) is 25.6 Å². The van der Waals surface area contributed by atoms with Crippen molar-refractivity contribution < 1.29 is 22.3 Å². The molecule has 0 aliphatic rings. The van der Waals surface area contributed by atoms with Gasteiger partial charge < -0.3 is 10.5 Å². The Balaban J connectivity index is 0.00000256. The molecule has 0 spiro atoms. The maximum absolute atomic E-state index is 13.2. The lowest BCUT2D eigenvalue weighted by atomic mass is 10.1. The van der Waals surface area contributed by atoms with E-state index in [4.69, 9.17) is 5.73 Å². The summed E-state index contributed by atoms with van der Waals surface area (Å²) < 4.78 is 52.2. The van der Waals surface area contributed by atoms with Crippen LogP contribution in [-0.2, 0) is 0 Å². The van der Waals surface area contributed by atoms with Gasteiger partial charge in [0.1, 0.15) is 0 Å². The fraction of sp³-hybridized carbons (Fsp3) is 0.400. The number of ether oxygens (including phenoxy) is 1. The van der Waals surface area contributed by atoms with E-state index in [9.17, 15) is 17.6 Å². The van der Waals surface area contributed by atoms with Crippen LogP contribution in [0.4, 0.5) is 17.6 Å². The van der Waals surface area contributed by atoms with Crippen LogP contribution in [0.15, 0.2) is 18.2 Å². The van der Waals surface area contributed by atoms with Crippen LogP contribution < -0.4 is 10.5 Å². The first-order valence-corrected chi connectivity index (χ1v) is 4.64. The fourth-order valence-corrected chi connectivity index (χ4v) is 1.19. The van der Waals surface area contributed by atoms with Gasteiger partial charge in [-0.05, 0) is 24.1 Å². The maximum atomic E-state index is 13.2. The van der Waals surface area contributed by atoms with Gasteiger partial charge in [-0.25, -0.2) is 4.39 Å². The monoisotopic (exact) mass is 273 g/mol. The number of rotatable bonds is 3. The first-order chi connectivity index (χ1) is 7.33. The van der Waals surface area contributed by atoms with E-state index in [1.165, 1.54) is 6.07 Å². The quantitative estimate of drug-likeness (QED) is 0.855. The zero-order valence-corrected chi connectivity index (χ0v) is 9.74. The molecule has 0 unspecified atom stereocenters. The van der Waals surface area contributed by atoms with Crippen molar-refractivity contribution >= 4 is 12.4 Å². The molecule has 0 fully saturated rings. The Bertz CT molecular complexity index is 370. The lowest BCUT2D eigenvalue weighted by Gasteiger charge is -2.13. The van der Waals surface area contributed by atoms with Crippen molar-refractivity contribution in [2.24, 2.45) is 5.73 Å². The minimum atomic E-state index is -4.89. The molecule has 2 N–H and O–H groups in total. The third kappa shape index (κ3) is 4.79. The minimum Gasteiger partial charge on any atom is -0.403 e. The molecule has 1 aromatic rings. The predicted molar refractivity (Wildman–Crippen MR) is 57.6 cm³/mol. The molecule has 0 radical (unpaired) electrons. The fourth-order valence-electron chi connectivity index (χ4n) is 1.19.